The number of aromatic nitrogens is 1. The molecule has 1 aliphatic heterocycles. The number of hydroxylamine groups is 1. The quantitative estimate of drug-likeness (QED) is 0.537. The third kappa shape index (κ3) is 3.38. The fourth-order valence-electron chi connectivity index (χ4n) is 3.27. The minimum absolute atomic E-state index is 0.0384. The molecule has 7 nitrogen and oxygen atoms in total. The van der Waals surface area contributed by atoms with E-state index >= 15 is 0 Å². The second-order valence-corrected chi connectivity index (χ2v) is 6.75. The SMILES string of the molecule is CC1(C)c2cccc(C(=O)NO)c2CN1C(=O)Nc1cccc(C(F)(F)F)n1. The summed E-state index contributed by atoms with van der Waals surface area (Å²) in [5, 5.41) is 11.3. The molecule has 0 spiro atoms. The van der Waals surface area contributed by atoms with Gasteiger partial charge in [-0.1, -0.05) is 18.2 Å². The zero-order valence-electron chi connectivity index (χ0n) is 15.0. The Balaban J connectivity index is 1.89. The van der Waals surface area contributed by atoms with Gasteiger partial charge in [0, 0.05) is 12.1 Å². The van der Waals surface area contributed by atoms with Crippen molar-refractivity contribution in [3.8, 4) is 0 Å². The van der Waals surface area contributed by atoms with Gasteiger partial charge in [0.2, 0.25) is 0 Å². The van der Waals surface area contributed by atoms with E-state index in [9.17, 15) is 22.8 Å². The number of nitrogens with zero attached hydrogens (tertiary/aromatic N) is 2. The normalized spacial score (nSPS) is 15.1. The number of carbonyl (C=O) groups is 2. The van der Waals surface area contributed by atoms with Crippen LogP contribution in [-0.2, 0) is 18.3 Å². The minimum atomic E-state index is -4.63. The van der Waals surface area contributed by atoms with Crippen molar-refractivity contribution >= 4 is 17.8 Å². The Bertz CT molecular complexity index is 944. The van der Waals surface area contributed by atoms with Gasteiger partial charge in [0.05, 0.1) is 5.54 Å². The lowest BCUT2D eigenvalue weighted by Gasteiger charge is -2.32. The highest BCUT2D eigenvalue weighted by Crippen LogP contribution is 2.40. The Morgan fingerprint density at radius 1 is 1.18 bits per heavy atom. The molecule has 2 aromatic rings. The molecule has 1 aromatic carbocycles. The molecule has 0 unspecified atom stereocenters. The van der Waals surface area contributed by atoms with Crippen LogP contribution in [0.1, 0.15) is 41.0 Å². The third-order valence-corrected chi connectivity index (χ3v) is 4.69. The van der Waals surface area contributed by atoms with Gasteiger partial charge in [0.1, 0.15) is 11.5 Å². The van der Waals surface area contributed by atoms with Gasteiger partial charge in [0.15, 0.2) is 0 Å². The van der Waals surface area contributed by atoms with Crippen molar-refractivity contribution in [3.05, 3.63) is 58.8 Å². The molecule has 0 saturated heterocycles. The average molecular weight is 394 g/mol. The van der Waals surface area contributed by atoms with E-state index in [1.807, 2.05) is 0 Å². The number of hydrogen-bond acceptors (Lipinski definition) is 4. The van der Waals surface area contributed by atoms with Crippen LogP contribution in [0.4, 0.5) is 23.8 Å². The first-order valence-electron chi connectivity index (χ1n) is 8.25. The predicted octanol–water partition coefficient (Wildman–Crippen LogP) is 3.50. The van der Waals surface area contributed by atoms with E-state index in [2.05, 4.69) is 10.3 Å². The zero-order valence-corrected chi connectivity index (χ0v) is 15.0. The number of nitrogens with one attached hydrogen (secondary N) is 2. The molecule has 1 aromatic heterocycles. The van der Waals surface area contributed by atoms with Crippen LogP contribution >= 0.6 is 0 Å². The number of urea groups is 1. The summed E-state index contributed by atoms with van der Waals surface area (Å²) in [6.45, 7) is 3.54. The smallest absolute Gasteiger partial charge is 0.311 e. The van der Waals surface area contributed by atoms with Crippen molar-refractivity contribution in [1.82, 2.24) is 15.4 Å². The van der Waals surface area contributed by atoms with Crippen molar-refractivity contribution in [2.45, 2.75) is 32.1 Å². The van der Waals surface area contributed by atoms with Crippen LogP contribution in [0, 0.1) is 0 Å². The van der Waals surface area contributed by atoms with E-state index in [-0.39, 0.29) is 17.9 Å². The number of pyridine rings is 1. The number of carbonyl (C=O) groups excluding carboxylic acids is 2. The molecule has 0 aliphatic carbocycles. The molecule has 10 heteroatoms. The maximum atomic E-state index is 12.8. The summed E-state index contributed by atoms with van der Waals surface area (Å²) in [4.78, 5) is 29.5. The predicted molar refractivity (Wildman–Crippen MR) is 92.5 cm³/mol. The number of rotatable bonds is 2. The number of hydrogen-bond donors (Lipinski definition) is 3. The summed E-state index contributed by atoms with van der Waals surface area (Å²) in [6.07, 6.45) is -4.63. The van der Waals surface area contributed by atoms with Crippen LogP contribution in [-0.4, -0.2) is 27.0 Å². The van der Waals surface area contributed by atoms with Crippen molar-refractivity contribution in [3.63, 3.8) is 0 Å². The second-order valence-electron chi connectivity index (χ2n) is 6.75. The van der Waals surface area contributed by atoms with Crippen molar-refractivity contribution in [2.75, 3.05) is 5.32 Å². The lowest BCUT2D eigenvalue weighted by molar-refractivity contribution is -0.141. The van der Waals surface area contributed by atoms with E-state index in [1.54, 1.807) is 31.5 Å². The van der Waals surface area contributed by atoms with Gasteiger partial charge in [-0.15, -0.1) is 0 Å². The van der Waals surface area contributed by atoms with Crippen LogP contribution in [0.25, 0.3) is 0 Å². The van der Waals surface area contributed by atoms with Crippen LogP contribution in [0.2, 0.25) is 0 Å². The standard InChI is InChI=1S/C18H17F3N4O3/c1-17(2)12-6-3-5-10(15(26)24-28)11(12)9-25(17)16(27)23-14-8-4-7-13(22-14)18(19,20)21/h3-8,28H,9H2,1-2H3,(H,24,26)(H,22,23,27). The number of amides is 3. The van der Waals surface area contributed by atoms with Gasteiger partial charge in [0.25, 0.3) is 5.91 Å². The average Bonchev–Trinajstić information content (AvgIpc) is 2.92. The van der Waals surface area contributed by atoms with Crippen LogP contribution in [0.15, 0.2) is 36.4 Å². The fraction of sp³-hybridized carbons (Fsp3) is 0.278. The van der Waals surface area contributed by atoms with Gasteiger partial charge in [-0.05, 0) is 43.2 Å². The summed E-state index contributed by atoms with van der Waals surface area (Å²) >= 11 is 0. The van der Waals surface area contributed by atoms with E-state index in [0.29, 0.717) is 11.1 Å². The minimum Gasteiger partial charge on any atom is -0.311 e. The highest BCUT2D eigenvalue weighted by Gasteiger charge is 2.42. The van der Waals surface area contributed by atoms with Gasteiger partial charge >= 0.3 is 12.2 Å². The highest BCUT2D eigenvalue weighted by atomic mass is 19.4. The number of alkyl halides is 3. The van der Waals surface area contributed by atoms with E-state index in [4.69, 9.17) is 5.21 Å². The van der Waals surface area contributed by atoms with Gasteiger partial charge in [-0.25, -0.2) is 15.3 Å². The summed E-state index contributed by atoms with van der Waals surface area (Å²) < 4.78 is 38.5. The number of halogens is 3. The molecule has 0 fully saturated rings. The lowest BCUT2D eigenvalue weighted by Crippen LogP contribution is -2.42. The van der Waals surface area contributed by atoms with Crippen LogP contribution in [0.3, 0.4) is 0 Å². The second kappa shape index (κ2) is 6.79. The molecule has 3 N–H and O–H groups in total. The van der Waals surface area contributed by atoms with E-state index in [0.717, 1.165) is 12.1 Å². The first kappa shape index (κ1) is 19.6. The molecular formula is C18H17F3N4O3. The molecule has 28 heavy (non-hydrogen) atoms. The summed E-state index contributed by atoms with van der Waals surface area (Å²) in [7, 11) is 0. The Kier molecular flexibility index (Phi) is 4.76. The third-order valence-electron chi connectivity index (χ3n) is 4.69. The lowest BCUT2D eigenvalue weighted by atomic mass is 9.91. The molecule has 0 bridgehead atoms. The molecular weight excluding hydrogens is 377 g/mol. The monoisotopic (exact) mass is 394 g/mol. The Morgan fingerprint density at radius 2 is 1.86 bits per heavy atom. The summed E-state index contributed by atoms with van der Waals surface area (Å²) in [6, 6.07) is 7.44. The Labute approximate surface area is 158 Å². The molecule has 0 atom stereocenters. The Hall–Kier alpha value is -3.14. The van der Waals surface area contributed by atoms with Gasteiger partial charge < -0.3 is 4.90 Å². The molecule has 1 aliphatic rings. The first-order valence-corrected chi connectivity index (χ1v) is 8.25. The maximum Gasteiger partial charge on any atom is 0.433 e. The molecule has 3 rings (SSSR count). The number of anilines is 1. The van der Waals surface area contributed by atoms with Gasteiger partial charge in [-0.3, -0.25) is 15.3 Å². The zero-order chi connectivity index (χ0) is 20.7. The topological polar surface area (TPSA) is 94.6 Å². The van der Waals surface area contributed by atoms with Crippen LogP contribution in [0.5, 0.6) is 0 Å². The molecule has 3 amide bonds. The summed E-state index contributed by atoms with van der Waals surface area (Å²) in [5.41, 5.74) is 1.06. The van der Waals surface area contributed by atoms with Crippen LogP contribution < -0.4 is 10.8 Å². The van der Waals surface area contributed by atoms with E-state index < -0.39 is 29.3 Å². The summed E-state index contributed by atoms with van der Waals surface area (Å²) in [5.74, 6) is -0.950. The molecule has 0 radical (unpaired) electrons. The van der Waals surface area contributed by atoms with E-state index in [1.165, 1.54) is 17.0 Å². The van der Waals surface area contributed by atoms with Gasteiger partial charge in [-0.2, -0.15) is 13.2 Å². The largest absolute Gasteiger partial charge is 0.433 e. The molecule has 2 heterocycles. The number of fused-ring (bicyclic) bond motifs is 1. The van der Waals surface area contributed by atoms with Crippen molar-refractivity contribution in [2.24, 2.45) is 0 Å². The highest BCUT2D eigenvalue weighted by molar-refractivity contribution is 5.96. The van der Waals surface area contributed by atoms with Crippen molar-refractivity contribution in [1.29, 1.82) is 0 Å². The Morgan fingerprint density at radius 3 is 2.50 bits per heavy atom. The molecule has 148 valence electrons. The molecule has 0 saturated carbocycles. The van der Waals surface area contributed by atoms with Crippen molar-refractivity contribution < 1.29 is 28.0 Å². The maximum absolute atomic E-state index is 12.8. The number of benzene rings is 1. The first-order chi connectivity index (χ1) is 13.1. The fourth-order valence-corrected chi connectivity index (χ4v) is 3.27.